The van der Waals surface area contributed by atoms with Crippen LogP contribution >= 0.6 is 15.9 Å². The molecule has 1 unspecified atom stereocenters. The topological polar surface area (TPSA) is 94.4 Å². The van der Waals surface area contributed by atoms with Crippen molar-refractivity contribution in [2.45, 2.75) is 70.7 Å². The number of nitrogens with zero attached hydrogens (tertiary/aromatic N) is 5. The summed E-state index contributed by atoms with van der Waals surface area (Å²) < 4.78 is 14.3. The highest BCUT2D eigenvalue weighted by atomic mass is 79.9. The van der Waals surface area contributed by atoms with Crippen LogP contribution in [-0.4, -0.2) is 62.1 Å². The number of ether oxygens (including phenoxy) is 2. The van der Waals surface area contributed by atoms with Crippen molar-refractivity contribution in [1.82, 2.24) is 24.6 Å². The van der Waals surface area contributed by atoms with Gasteiger partial charge in [-0.15, -0.1) is 0 Å². The summed E-state index contributed by atoms with van der Waals surface area (Å²) in [4.78, 5) is 23.1. The third-order valence-corrected chi connectivity index (χ3v) is 6.95. The lowest BCUT2D eigenvalue weighted by molar-refractivity contribution is -0.0365. The molecule has 0 aliphatic carbocycles. The van der Waals surface area contributed by atoms with Crippen LogP contribution in [0.4, 0.5) is 10.5 Å². The molecular weight excluding hydrogens is 524 g/mol. The van der Waals surface area contributed by atoms with Crippen molar-refractivity contribution in [3.8, 4) is 11.3 Å². The Hall–Kier alpha value is -2.72. The van der Waals surface area contributed by atoms with Crippen molar-refractivity contribution >= 4 is 38.6 Å². The number of hydrogen-bond acceptors (Lipinski definition) is 7. The van der Waals surface area contributed by atoms with Gasteiger partial charge in [0.1, 0.15) is 15.9 Å². The third-order valence-electron chi connectivity index (χ3n) is 6.52. The van der Waals surface area contributed by atoms with Gasteiger partial charge in [-0.3, -0.25) is 4.98 Å². The molecule has 2 saturated heterocycles. The molecule has 0 bridgehead atoms. The van der Waals surface area contributed by atoms with Crippen LogP contribution in [0.3, 0.4) is 0 Å². The summed E-state index contributed by atoms with van der Waals surface area (Å²) in [7, 11) is 0. The normalized spacial score (nSPS) is 19.4. The van der Waals surface area contributed by atoms with E-state index in [9.17, 15) is 4.79 Å². The summed E-state index contributed by atoms with van der Waals surface area (Å²) in [6.45, 7) is 7.75. The molecule has 0 aromatic carbocycles. The smallest absolute Gasteiger partial charge is 0.410 e. The van der Waals surface area contributed by atoms with Crippen molar-refractivity contribution in [2.24, 2.45) is 0 Å². The van der Waals surface area contributed by atoms with E-state index >= 15 is 0 Å². The molecular formula is C26H33BrN6O3. The zero-order valence-corrected chi connectivity index (χ0v) is 22.6. The Morgan fingerprint density at radius 1 is 1.14 bits per heavy atom. The lowest BCUT2D eigenvalue weighted by Crippen LogP contribution is -2.44. The van der Waals surface area contributed by atoms with Gasteiger partial charge in [-0.05, 0) is 80.9 Å². The predicted octanol–water partition coefficient (Wildman–Crippen LogP) is 5.77. The predicted molar refractivity (Wildman–Crippen MR) is 142 cm³/mol. The first-order valence-electron chi connectivity index (χ1n) is 12.6. The molecule has 3 aromatic heterocycles. The van der Waals surface area contributed by atoms with Gasteiger partial charge in [0.15, 0.2) is 6.23 Å². The zero-order chi connectivity index (χ0) is 25.3. The number of carbonyl (C=O) groups excluding carboxylic acids is 1. The van der Waals surface area contributed by atoms with Gasteiger partial charge < -0.3 is 19.7 Å². The molecule has 0 saturated carbocycles. The van der Waals surface area contributed by atoms with Gasteiger partial charge in [0.25, 0.3) is 0 Å². The lowest BCUT2D eigenvalue weighted by atomic mass is 10.0. The zero-order valence-electron chi connectivity index (χ0n) is 21.0. The molecule has 36 heavy (non-hydrogen) atoms. The molecule has 10 heteroatoms. The van der Waals surface area contributed by atoms with Crippen LogP contribution in [0.1, 0.15) is 59.1 Å². The average Bonchev–Trinajstić information content (AvgIpc) is 3.23. The van der Waals surface area contributed by atoms with Crippen LogP contribution in [0.25, 0.3) is 22.2 Å². The molecule has 2 aliphatic rings. The molecule has 1 N–H and O–H groups in total. The number of fused-ring (bicyclic) bond motifs is 1. The van der Waals surface area contributed by atoms with E-state index in [2.05, 4.69) is 37.3 Å². The van der Waals surface area contributed by atoms with E-state index in [1.54, 1.807) is 4.90 Å². The van der Waals surface area contributed by atoms with Gasteiger partial charge in [0, 0.05) is 49.1 Å². The van der Waals surface area contributed by atoms with Crippen LogP contribution in [-0.2, 0) is 9.47 Å². The first kappa shape index (κ1) is 25.0. The Morgan fingerprint density at radius 3 is 2.67 bits per heavy atom. The molecule has 0 spiro atoms. The van der Waals surface area contributed by atoms with Crippen molar-refractivity contribution < 1.29 is 14.3 Å². The number of piperidine rings is 1. The molecule has 3 aromatic rings. The number of aromatic nitrogens is 4. The maximum absolute atomic E-state index is 12.4. The highest BCUT2D eigenvalue weighted by Crippen LogP contribution is 2.34. The van der Waals surface area contributed by atoms with E-state index in [1.165, 1.54) is 0 Å². The molecule has 1 atom stereocenters. The van der Waals surface area contributed by atoms with Gasteiger partial charge in [-0.1, -0.05) is 0 Å². The van der Waals surface area contributed by atoms with Crippen LogP contribution in [0, 0.1) is 0 Å². The van der Waals surface area contributed by atoms with Crippen molar-refractivity contribution in [3.05, 3.63) is 35.3 Å². The molecule has 5 rings (SSSR count). The monoisotopic (exact) mass is 556 g/mol. The second-order valence-corrected chi connectivity index (χ2v) is 11.3. The number of hydrogen-bond donors (Lipinski definition) is 1. The SMILES string of the molecule is CC(C)(C)OC(=O)N1CCC(Nc2cncc(-c3nn(C4CCCCO4)c4cnc(Br)cc34)c2)CC1. The molecule has 1 amide bonds. The van der Waals surface area contributed by atoms with E-state index < -0.39 is 5.60 Å². The summed E-state index contributed by atoms with van der Waals surface area (Å²) in [6, 6.07) is 4.35. The molecule has 9 nitrogen and oxygen atoms in total. The van der Waals surface area contributed by atoms with Crippen molar-refractivity contribution in [2.75, 3.05) is 25.0 Å². The van der Waals surface area contributed by atoms with Crippen molar-refractivity contribution in [1.29, 1.82) is 0 Å². The number of pyridine rings is 2. The number of rotatable bonds is 4. The summed E-state index contributed by atoms with van der Waals surface area (Å²) in [5.74, 6) is 0. The second kappa shape index (κ2) is 10.3. The minimum Gasteiger partial charge on any atom is -0.444 e. The third kappa shape index (κ3) is 5.64. The standard InChI is InChI=1S/C26H33BrN6O3/c1-26(2,3)36-25(34)32-9-7-18(8-10-32)30-19-12-17(14-28-15-19)24-20-13-22(27)29-16-21(20)33(31-24)23-6-4-5-11-35-23/h12-16,18,23,30H,4-11H2,1-3H3. The first-order valence-corrected chi connectivity index (χ1v) is 13.4. The lowest BCUT2D eigenvalue weighted by Gasteiger charge is -2.34. The van der Waals surface area contributed by atoms with Gasteiger partial charge in [0.2, 0.25) is 0 Å². The number of likely N-dealkylation sites (tertiary alicyclic amines) is 1. The minimum absolute atomic E-state index is 0.0811. The Morgan fingerprint density at radius 2 is 1.94 bits per heavy atom. The van der Waals surface area contributed by atoms with Crippen LogP contribution < -0.4 is 5.32 Å². The first-order chi connectivity index (χ1) is 17.3. The largest absolute Gasteiger partial charge is 0.444 e. The number of anilines is 1. The summed E-state index contributed by atoms with van der Waals surface area (Å²) in [5, 5.41) is 9.59. The Bertz CT molecular complexity index is 1230. The fraction of sp³-hybridized carbons (Fsp3) is 0.538. The van der Waals surface area contributed by atoms with Gasteiger partial charge in [-0.2, -0.15) is 5.10 Å². The summed E-state index contributed by atoms with van der Waals surface area (Å²) in [6.07, 6.45) is 10.0. The van der Waals surface area contributed by atoms with E-state index in [0.29, 0.717) is 13.1 Å². The maximum atomic E-state index is 12.4. The second-order valence-electron chi connectivity index (χ2n) is 10.5. The quantitative estimate of drug-likeness (QED) is 0.408. The van der Waals surface area contributed by atoms with E-state index in [-0.39, 0.29) is 18.4 Å². The Balaban J connectivity index is 1.33. The van der Waals surface area contributed by atoms with Gasteiger partial charge in [-0.25, -0.2) is 14.5 Å². The van der Waals surface area contributed by atoms with Crippen LogP contribution in [0.2, 0.25) is 0 Å². The number of carbonyl (C=O) groups is 1. The molecule has 5 heterocycles. The Labute approximate surface area is 219 Å². The van der Waals surface area contributed by atoms with E-state index in [0.717, 1.165) is 71.2 Å². The molecule has 2 aliphatic heterocycles. The van der Waals surface area contributed by atoms with Gasteiger partial charge in [0.05, 0.1) is 17.4 Å². The van der Waals surface area contributed by atoms with E-state index in [1.807, 2.05) is 50.1 Å². The molecule has 0 radical (unpaired) electrons. The minimum atomic E-state index is -0.482. The summed E-state index contributed by atoms with van der Waals surface area (Å²) in [5.41, 5.74) is 3.20. The Kier molecular flexibility index (Phi) is 7.16. The maximum Gasteiger partial charge on any atom is 0.410 e. The van der Waals surface area contributed by atoms with Crippen LogP contribution in [0.5, 0.6) is 0 Å². The van der Waals surface area contributed by atoms with Gasteiger partial charge >= 0.3 is 6.09 Å². The van der Waals surface area contributed by atoms with E-state index in [4.69, 9.17) is 14.6 Å². The molecule has 2 fully saturated rings. The fourth-order valence-electron chi connectivity index (χ4n) is 4.78. The van der Waals surface area contributed by atoms with Crippen LogP contribution in [0.15, 0.2) is 35.3 Å². The number of amides is 1. The summed E-state index contributed by atoms with van der Waals surface area (Å²) >= 11 is 3.51. The highest BCUT2D eigenvalue weighted by Gasteiger charge is 2.27. The number of nitrogens with one attached hydrogen (secondary N) is 1. The molecule has 192 valence electrons. The number of halogens is 1. The average molecular weight is 557 g/mol. The van der Waals surface area contributed by atoms with Crippen molar-refractivity contribution in [3.63, 3.8) is 0 Å². The fourth-order valence-corrected chi connectivity index (χ4v) is 5.11. The highest BCUT2D eigenvalue weighted by molar-refractivity contribution is 9.10.